The summed E-state index contributed by atoms with van der Waals surface area (Å²) in [7, 11) is 1.79. The molecule has 2 heterocycles. The highest BCUT2D eigenvalue weighted by molar-refractivity contribution is 6.30. The van der Waals surface area contributed by atoms with Gasteiger partial charge in [0.1, 0.15) is 6.07 Å². The fourth-order valence-electron chi connectivity index (χ4n) is 3.01. The van der Waals surface area contributed by atoms with Gasteiger partial charge in [-0.25, -0.2) is 15.0 Å². The fraction of sp³-hybridized carbons (Fsp3) is 0.316. The zero-order valence-corrected chi connectivity index (χ0v) is 14.7. The van der Waals surface area contributed by atoms with E-state index in [1.165, 1.54) is 19.1 Å². The second kappa shape index (κ2) is 8.32. The summed E-state index contributed by atoms with van der Waals surface area (Å²) in [5.74, 6) is 0.304. The van der Waals surface area contributed by atoms with E-state index in [1.54, 1.807) is 19.3 Å². The Morgan fingerprint density at radius 2 is 2.19 bits per heavy atom. The molecule has 1 saturated heterocycles. The average molecular weight is 347 g/mol. The highest BCUT2D eigenvalue weighted by Crippen LogP contribution is 2.29. The first-order valence-electron chi connectivity index (χ1n) is 8.60. The van der Waals surface area contributed by atoms with Crippen LogP contribution in [0.2, 0.25) is 0 Å². The van der Waals surface area contributed by atoms with E-state index >= 15 is 0 Å². The minimum absolute atomic E-state index is 0.304. The van der Waals surface area contributed by atoms with E-state index in [9.17, 15) is 5.26 Å². The molecular formula is C19H21N7. The molecule has 1 aliphatic heterocycles. The molecule has 2 N–H and O–H groups in total. The number of anilines is 1. The van der Waals surface area contributed by atoms with Crippen LogP contribution in [0.5, 0.6) is 0 Å². The van der Waals surface area contributed by atoms with E-state index < -0.39 is 0 Å². The fourth-order valence-corrected chi connectivity index (χ4v) is 3.01. The van der Waals surface area contributed by atoms with E-state index in [4.69, 9.17) is 5.41 Å². The molecule has 7 heteroatoms. The molecule has 7 nitrogen and oxygen atoms in total. The lowest BCUT2D eigenvalue weighted by Crippen LogP contribution is -2.19. The zero-order chi connectivity index (χ0) is 18.4. The second-order valence-corrected chi connectivity index (χ2v) is 6.06. The van der Waals surface area contributed by atoms with Gasteiger partial charge in [-0.3, -0.25) is 0 Å². The van der Waals surface area contributed by atoms with E-state index in [0.29, 0.717) is 29.5 Å². The third-order valence-corrected chi connectivity index (χ3v) is 4.27. The molecule has 0 radical (unpaired) electrons. The van der Waals surface area contributed by atoms with Gasteiger partial charge in [0.05, 0.1) is 22.7 Å². The molecule has 1 aromatic heterocycles. The summed E-state index contributed by atoms with van der Waals surface area (Å²) in [4.78, 5) is 15.2. The number of aliphatic imine (C=N–C) groups is 1. The minimum atomic E-state index is 0.304. The van der Waals surface area contributed by atoms with Crippen LogP contribution < -0.4 is 10.2 Å². The number of rotatable bonds is 6. The molecule has 1 fully saturated rings. The number of nitrogens with one attached hydrogen (secondary N) is 2. The molecule has 0 saturated carbocycles. The smallest absolute Gasteiger partial charge is 0.250 e. The van der Waals surface area contributed by atoms with Crippen molar-refractivity contribution in [2.75, 3.05) is 31.6 Å². The standard InChI is InChI=1S/C19H21N7/c1-22-13-16(12-21)24-19-23-7-6-17(25-19)14-4-5-18(15(10-14)11-20)26-8-2-3-9-26/h4-7,10,12,21-22H,2-3,8-9,13H2,1H3. The Kier molecular flexibility index (Phi) is 5.66. The molecule has 3 rings (SSSR count). The zero-order valence-electron chi connectivity index (χ0n) is 14.7. The van der Waals surface area contributed by atoms with Crippen molar-refractivity contribution in [2.45, 2.75) is 12.8 Å². The highest BCUT2D eigenvalue weighted by atomic mass is 15.1. The van der Waals surface area contributed by atoms with Crippen LogP contribution in [0.4, 0.5) is 11.6 Å². The Morgan fingerprint density at radius 3 is 2.88 bits per heavy atom. The summed E-state index contributed by atoms with van der Waals surface area (Å²) in [6.07, 6.45) is 5.16. The Bertz CT molecular complexity index is 860. The summed E-state index contributed by atoms with van der Waals surface area (Å²) < 4.78 is 0. The van der Waals surface area contributed by atoms with Crippen LogP contribution in [0.25, 0.3) is 11.3 Å². The maximum Gasteiger partial charge on any atom is 0.250 e. The lowest BCUT2D eigenvalue weighted by molar-refractivity contribution is 0.949. The lowest BCUT2D eigenvalue weighted by Gasteiger charge is -2.19. The van der Waals surface area contributed by atoms with Crippen molar-refractivity contribution in [3.63, 3.8) is 0 Å². The predicted octanol–water partition coefficient (Wildman–Crippen LogP) is 2.56. The average Bonchev–Trinajstić information content (AvgIpc) is 3.22. The van der Waals surface area contributed by atoms with Crippen molar-refractivity contribution in [3.8, 4) is 17.3 Å². The van der Waals surface area contributed by atoms with Crippen LogP contribution in [-0.2, 0) is 0 Å². The van der Waals surface area contributed by atoms with Crippen molar-refractivity contribution in [3.05, 3.63) is 36.0 Å². The van der Waals surface area contributed by atoms with Gasteiger partial charge in [-0.2, -0.15) is 5.26 Å². The van der Waals surface area contributed by atoms with Crippen molar-refractivity contribution in [2.24, 2.45) is 4.99 Å². The number of hydrogen-bond acceptors (Lipinski definition) is 7. The first-order chi connectivity index (χ1) is 12.7. The molecular weight excluding hydrogens is 326 g/mol. The molecule has 0 spiro atoms. The van der Waals surface area contributed by atoms with Crippen LogP contribution >= 0.6 is 0 Å². The Hall–Kier alpha value is -3.11. The topological polar surface area (TPSA) is 101 Å². The number of aromatic nitrogens is 2. The molecule has 0 aliphatic carbocycles. The maximum absolute atomic E-state index is 9.55. The third kappa shape index (κ3) is 3.92. The van der Waals surface area contributed by atoms with Crippen LogP contribution in [0.3, 0.4) is 0 Å². The molecule has 0 unspecified atom stereocenters. The molecule has 0 atom stereocenters. The Morgan fingerprint density at radius 1 is 1.38 bits per heavy atom. The highest BCUT2D eigenvalue weighted by Gasteiger charge is 2.16. The number of nitrogens with zero attached hydrogens (tertiary/aromatic N) is 5. The van der Waals surface area contributed by atoms with E-state index in [0.717, 1.165) is 24.3 Å². The van der Waals surface area contributed by atoms with Gasteiger partial charge in [-0.05, 0) is 38.1 Å². The Labute approximate surface area is 152 Å². The Balaban J connectivity index is 1.93. The summed E-state index contributed by atoms with van der Waals surface area (Å²) in [6.45, 7) is 2.47. The summed E-state index contributed by atoms with van der Waals surface area (Å²) >= 11 is 0. The van der Waals surface area contributed by atoms with Crippen LogP contribution in [-0.4, -0.2) is 48.6 Å². The molecule has 1 aromatic carbocycles. The molecule has 26 heavy (non-hydrogen) atoms. The van der Waals surface area contributed by atoms with E-state index in [-0.39, 0.29) is 0 Å². The quantitative estimate of drug-likeness (QED) is 0.782. The molecule has 0 amide bonds. The van der Waals surface area contributed by atoms with Gasteiger partial charge in [0.2, 0.25) is 5.95 Å². The largest absolute Gasteiger partial charge is 0.370 e. The van der Waals surface area contributed by atoms with Crippen LogP contribution in [0.1, 0.15) is 18.4 Å². The maximum atomic E-state index is 9.55. The number of hydrogen-bond donors (Lipinski definition) is 2. The lowest BCUT2D eigenvalue weighted by atomic mass is 10.1. The van der Waals surface area contributed by atoms with Gasteiger partial charge in [-0.1, -0.05) is 6.07 Å². The van der Waals surface area contributed by atoms with Gasteiger partial charge >= 0.3 is 0 Å². The van der Waals surface area contributed by atoms with Gasteiger partial charge in [0, 0.05) is 37.6 Å². The predicted molar refractivity (Wildman–Crippen MR) is 103 cm³/mol. The summed E-state index contributed by atoms with van der Waals surface area (Å²) in [6, 6.07) is 9.95. The molecule has 132 valence electrons. The van der Waals surface area contributed by atoms with Crippen molar-refractivity contribution in [1.29, 1.82) is 10.7 Å². The number of nitriles is 1. The van der Waals surface area contributed by atoms with Crippen molar-refractivity contribution >= 4 is 23.6 Å². The SMILES string of the molecule is CNCC(C=N)=Nc1nccc(-c2ccc(N3CCCC3)c(C#N)c2)n1. The second-order valence-electron chi connectivity index (χ2n) is 6.06. The first-order valence-corrected chi connectivity index (χ1v) is 8.60. The van der Waals surface area contributed by atoms with Crippen molar-refractivity contribution < 1.29 is 0 Å². The van der Waals surface area contributed by atoms with Crippen LogP contribution in [0.15, 0.2) is 35.5 Å². The van der Waals surface area contributed by atoms with E-state index in [1.807, 2.05) is 18.2 Å². The van der Waals surface area contributed by atoms with Gasteiger partial charge in [-0.15, -0.1) is 0 Å². The normalized spacial score (nSPS) is 14.3. The minimum Gasteiger partial charge on any atom is -0.370 e. The van der Waals surface area contributed by atoms with E-state index in [2.05, 4.69) is 31.2 Å². The third-order valence-electron chi connectivity index (χ3n) is 4.27. The summed E-state index contributed by atoms with van der Waals surface area (Å²) in [5, 5.41) is 19.9. The van der Waals surface area contributed by atoms with Gasteiger partial charge < -0.3 is 15.6 Å². The van der Waals surface area contributed by atoms with Crippen molar-refractivity contribution in [1.82, 2.24) is 15.3 Å². The van der Waals surface area contributed by atoms with Crippen LogP contribution in [0, 0.1) is 16.7 Å². The molecule has 0 bridgehead atoms. The monoisotopic (exact) mass is 347 g/mol. The van der Waals surface area contributed by atoms with Gasteiger partial charge in [0.15, 0.2) is 0 Å². The molecule has 1 aliphatic rings. The first kappa shape index (κ1) is 17.7. The molecule has 2 aromatic rings. The summed E-state index contributed by atoms with van der Waals surface area (Å²) in [5.41, 5.74) is 3.75. The number of benzene rings is 1. The van der Waals surface area contributed by atoms with Gasteiger partial charge in [0.25, 0.3) is 0 Å².